The SMILES string of the molecule is CCOC(=O)C(=N[S@@](=O)C(C)(C)C)c1cc(Br)ccc1OCOC.Oc1ccc(Br)cc1Br. The highest BCUT2D eigenvalue weighted by Gasteiger charge is 2.26. The van der Waals surface area contributed by atoms with Crippen LogP contribution in [0.1, 0.15) is 33.3 Å². The summed E-state index contributed by atoms with van der Waals surface area (Å²) in [5.41, 5.74) is 0.343. The van der Waals surface area contributed by atoms with Crippen molar-refractivity contribution >= 4 is 70.5 Å². The van der Waals surface area contributed by atoms with Crippen LogP contribution in [0.25, 0.3) is 0 Å². The van der Waals surface area contributed by atoms with Crippen LogP contribution in [0.3, 0.4) is 0 Å². The monoisotopic (exact) mass is 669 g/mol. The molecule has 0 fully saturated rings. The van der Waals surface area contributed by atoms with E-state index in [0.717, 1.165) is 8.95 Å². The molecule has 0 amide bonds. The van der Waals surface area contributed by atoms with Gasteiger partial charge in [0.05, 0.1) is 21.4 Å². The number of aromatic hydroxyl groups is 1. The number of halogens is 3. The number of ether oxygens (including phenoxy) is 3. The molecular formula is C22H26Br3NO6S. The largest absolute Gasteiger partial charge is 0.507 e. The van der Waals surface area contributed by atoms with E-state index in [2.05, 4.69) is 52.2 Å². The first-order chi connectivity index (χ1) is 15.4. The minimum atomic E-state index is -1.63. The van der Waals surface area contributed by atoms with Crippen LogP contribution in [0.2, 0.25) is 0 Å². The third-order valence-corrected chi connectivity index (χ3v) is 6.62. The second-order valence-corrected chi connectivity index (χ2v) is 11.9. The first-order valence-electron chi connectivity index (χ1n) is 9.64. The lowest BCUT2D eigenvalue weighted by atomic mass is 10.1. The van der Waals surface area contributed by atoms with E-state index >= 15 is 0 Å². The molecule has 0 unspecified atom stereocenters. The van der Waals surface area contributed by atoms with Gasteiger partial charge in [0.1, 0.15) is 22.5 Å². The Hall–Kier alpha value is -1.27. The van der Waals surface area contributed by atoms with Gasteiger partial charge in [-0.15, -0.1) is 0 Å². The van der Waals surface area contributed by atoms with Crippen LogP contribution in [0, 0.1) is 0 Å². The molecular weight excluding hydrogens is 646 g/mol. The number of hydrogen-bond donors (Lipinski definition) is 1. The van der Waals surface area contributed by atoms with Crippen molar-refractivity contribution in [3.05, 3.63) is 55.4 Å². The predicted octanol–water partition coefficient (Wildman–Crippen LogP) is 6.16. The van der Waals surface area contributed by atoms with Gasteiger partial charge in [-0.05, 0) is 80.0 Å². The van der Waals surface area contributed by atoms with Crippen LogP contribution in [0.5, 0.6) is 11.5 Å². The number of phenols is 1. The number of hydrogen-bond acceptors (Lipinski definition) is 6. The highest BCUT2D eigenvalue weighted by Crippen LogP contribution is 2.27. The van der Waals surface area contributed by atoms with Gasteiger partial charge in [0.2, 0.25) is 0 Å². The van der Waals surface area contributed by atoms with Crippen LogP contribution in [-0.2, 0) is 25.3 Å². The van der Waals surface area contributed by atoms with E-state index in [9.17, 15) is 9.00 Å². The fourth-order valence-electron chi connectivity index (χ4n) is 2.03. The summed E-state index contributed by atoms with van der Waals surface area (Å²) in [6.07, 6.45) is 0. The maximum Gasteiger partial charge on any atom is 0.358 e. The molecule has 2 rings (SSSR count). The molecule has 0 aliphatic rings. The highest BCUT2D eigenvalue weighted by atomic mass is 79.9. The van der Waals surface area contributed by atoms with Crippen LogP contribution >= 0.6 is 47.8 Å². The number of benzene rings is 2. The number of nitrogens with zero attached hydrogens (tertiary/aromatic N) is 1. The first-order valence-corrected chi connectivity index (χ1v) is 13.1. The third-order valence-electron chi connectivity index (χ3n) is 3.61. The molecule has 0 spiro atoms. The summed E-state index contributed by atoms with van der Waals surface area (Å²) in [5.74, 6) is -0.00794. The molecule has 182 valence electrons. The predicted molar refractivity (Wildman–Crippen MR) is 141 cm³/mol. The molecule has 0 saturated carbocycles. The zero-order valence-corrected chi connectivity index (χ0v) is 24.4. The minimum Gasteiger partial charge on any atom is -0.507 e. The molecule has 33 heavy (non-hydrogen) atoms. The summed E-state index contributed by atoms with van der Waals surface area (Å²) < 4.78 is 33.7. The van der Waals surface area contributed by atoms with Gasteiger partial charge in [-0.1, -0.05) is 31.9 Å². The third kappa shape index (κ3) is 10.3. The average Bonchev–Trinajstić information content (AvgIpc) is 2.73. The summed E-state index contributed by atoms with van der Waals surface area (Å²) >= 11 is 9.78. The van der Waals surface area contributed by atoms with Gasteiger partial charge < -0.3 is 19.3 Å². The van der Waals surface area contributed by atoms with E-state index < -0.39 is 21.7 Å². The van der Waals surface area contributed by atoms with Crippen molar-refractivity contribution in [3.63, 3.8) is 0 Å². The average molecular weight is 672 g/mol. The Morgan fingerprint density at radius 2 is 1.70 bits per heavy atom. The zero-order chi connectivity index (χ0) is 25.2. The van der Waals surface area contributed by atoms with Gasteiger partial charge in [-0.2, -0.15) is 4.40 Å². The van der Waals surface area contributed by atoms with Crippen molar-refractivity contribution in [2.75, 3.05) is 20.5 Å². The quantitative estimate of drug-likeness (QED) is 0.215. The molecule has 0 bridgehead atoms. The smallest absolute Gasteiger partial charge is 0.358 e. The lowest BCUT2D eigenvalue weighted by molar-refractivity contribution is -0.134. The summed E-state index contributed by atoms with van der Waals surface area (Å²) in [6.45, 7) is 7.21. The van der Waals surface area contributed by atoms with Gasteiger partial charge in [0.15, 0.2) is 12.5 Å². The molecule has 0 aromatic heterocycles. The van der Waals surface area contributed by atoms with Crippen LogP contribution in [0.15, 0.2) is 54.2 Å². The fraction of sp³-hybridized carbons (Fsp3) is 0.364. The van der Waals surface area contributed by atoms with Crippen molar-refractivity contribution in [1.29, 1.82) is 0 Å². The molecule has 0 aliphatic heterocycles. The van der Waals surface area contributed by atoms with E-state index in [4.69, 9.17) is 19.3 Å². The van der Waals surface area contributed by atoms with Crippen molar-refractivity contribution in [1.82, 2.24) is 0 Å². The molecule has 7 nitrogen and oxygen atoms in total. The number of phenolic OH excluding ortho intramolecular Hbond substituents is 1. The molecule has 0 saturated heterocycles. The van der Waals surface area contributed by atoms with Gasteiger partial charge >= 0.3 is 5.97 Å². The molecule has 0 aliphatic carbocycles. The Morgan fingerprint density at radius 3 is 2.21 bits per heavy atom. The second kappa shape index (κ2) is 14.2. The van der Waals surface area contributed by atoms with Crippen molar-refractivity contribution in [3.8, 4) is 11.5 Å². The Morgan fingerprint density at radius 1 is 1.09 bits per heavy atom. The summed E-state index contributed by atoms with van der Waals surface area (Å²) in [4.78, 5) is 12.4. The number of methoxy groups -OCH3 is 1. The maximum atomic E-state index is 12.4. The van der Waals surface area contributed by atoms with Gasteiger partial charge in [0, 0.05) is 16.1 Å². The summed E-state index contributed by atoms with van der Waals surface area (Å²) in [5, 5.41) is 8.98. The minimum absolute atomic E-state index is 0.00704. The lowest BCUT2D eigenvalue weighted by Crippen LogP contribution is -2.25. The molecule has 0 heterocycles. The van der Waals surface area contributed by atoms with Gasteiger partial charge in [0.25, 0.3) is 0 Å². The molecule has 11 heteroatoms. The molecule has 2 aromatic carbocycles. The Labute approximate surface area is 221 Å². The number of esters is 1. The molecule has 1 N–H and O–H groups in total. The Balaban J connectivity index is 0.000000502. The maximum absolute atomic E-state index is 12.4. The number of carbonyl (C=O) groups is 1. The Bertz CT molecular complexity index is 1010. The van der Waals surface area contributed by atoms with E-state index in [-0.39, 0.29) is 24.9 Å². The van der Waals surface area contributed by atoms with Gasteiger partial charge in [-0.25, -0.2) is 9.00 Å². The van der Waals surface area contributed by atoms with Crippen molar-refractivity contribution in [2.45, 2.75) is 32.4 Å². The molecule has 0 radical (unpaired) electrons. The van der Waals surface area contributed by atoms with Crippen LogP contribution in [0.4, 0.5) is 0 Å². The molecule has 2 aromatic rings. The summed E-state index contributed by atoms with van der Waals surface area (Å²) in [6, 6.07) is 10.3. The zero-order valence-electron chi connectivity index (χ0n) is 18.9. The van der Waals surface area contributed by atoms with Gasteiger partial charge in [-0.3, -0.25) is 0 Å². The van der Waals surface area contributed by atoms with E-state index in [1.165, 1.54) is 7.11 Å². The lowest BCUT2D eigenvalue weighted by Gasteiger charge is -2.16. The fourth-order valence-corrected chi connectivity index (χ4v) is 4.05. The van der Waals surface area contributed by atoms with Crippen LogP contribution < -0.4 is 4.74 Å². The normalized spacial score (nSPS) is 12.4. The van der Waals surface area contributed by atoms with E-state index in [1.54, 1.807) is 64.1 Å². The Kier molecular flexibility index (Phi) is 12.8. The summed E-state index contributed by atoms with van der Waals surface area (Å²) in [7, 11) is -0.134. The van der Waals surface area contributed by atoms with Crippen LogP contribution in [-0.4, -0.2) is 46.3 Å². The standard InChI is InChI=1S/C16H22BrNO5S.C6H4Br2O/c1-6-22-15(19)14(18-24(20)16(2,3)4)12-9-11(17)7-8-13(12)23-10-21-5;7-4-1-2-6(9)5(8)3-4/h7-9H,6,10H2,1-5H3;1-3,9H/t24-;/m0./s1. The highest BCUT2D eigenvalue weighted by molar-refractivity contribution is 9.11. The van der Waals surface area contributed by atoms with E-state index in [1.807, 2.05) is 0 Å². The molecule has 1 atom stereocenters. The van der Waals surface area contributed by atoms with Crippen molar-refractivity contribution < 1.29 is 28.3 Å². The topological polar surface area (TPSA) is 94.4 Å². The second-order valence-electron chi connectivity index (χ2n) is 7.31. The van der Waals surface area contributed by atoms with E-state index in [0.29, 0.717) is 15.8 Å². The van der Waals surface area contributed by atoms with Crippen molar-refractivity contribution in [2.24, 2.45) is 4.40 Å². The first kappa shape index (κ1) is 29.8. The number of carbonyl (C=O) groups excluding carboxylic acids is 1. The number of rotatable bonds is 7.